The van der Waals surface area contributed by atoms with Crippen LogP contribution in [0.3, 0.4) is 0 Å². The molecule has 0 unspecified atom stereocenters. The van der Waals surface area contributed by atoms with Crippen LogP contribution < -0.4 is 21.7 Å². The predicted octanol–water partition coefficient (Wildman–Crippen LogP) is 1.52. The third-order valence-corrected chi connectivity index (χ3v) is 4.98. The van der Waals surface area contributed by atoms with Crippen LogP contribution in [0, 0.1) is 0 Å². The highest BCUT2D eigenvalue weighted by Gasteiger charge is 2.09. The van der Waals surface area contributed by atoms with E-state index in [0.717, 1.165) is 64.4 Å². The molecule has 0 radical (unpaired) electrons. The number of hydrogen-bond acceptors (Lipinski definition) is 7. The summed E-state index contributed by atoms with van der Waals surface area (Å²) in [6.45, 7) is 7.91. The van der Waals surface area contributed by atoms with Gasteiger partial charge in [0.15, 0.2) is 0 Å². The Labute approximate surface area is 184 Å². The molecular weight excluding hydrogens is 390 g/mol. The van der Waals surface area contributed by atoms with E-state index in [1.807, 2.05) is 0 Å². The normalized spacial score (nSPS) is 11.3. The molecule has 0 aliphatic carbocycles. The van der Waals surface area contributed by atoms with Crippen LogP contribution in [-0.4, -0.2) is 81.2 Å². The molecule has 0 saturated carbocycles. The van der Waals surface area contributed by atoms with E-state index >= 15 is 0 Å². The average molecular weight is 436 g/mol. The highest BCUT2D eigenvalue weighted by Crippen LogP contribution is 2.03. The van der Waals surface area contributed by atoms with Gasteiger partial charge in [-0.2, -0.15) is 25.3 Å². The Kier molecular flexibility index (Phi) is 23.3. The van der Waals surface area contributed by atoms with Crippen molar-refractivity contribution in [1.82, 2.24) is 20.9 Å². The number of thiol groups is 2. The van der Waals surface area contributed by atoms with Gasteiger partial charge in [0.25, 0.3) is 0 Å². The van der Waals surface area contributed by atoms with Crippen LogP contribution in [0.4, 0.5) is 0 Å². The summed E-state index contributed by atoms with van der Waals surface area (Å²) in [6.07, 6.45) is 9.92. The summed E-state index contributed by atoms with van der Waals surface area (Å²) in [4.78, 5) is 14.0. The predicted molar refractivity (Wildman–Crippen MR) is 129 cm³/mol. The monoisotopic (exact) mass is 435 g/mol. The number of carbonyl (C=O) groups excluding carboxylic acids is 1. The number of unbranched alkanes of at least 4 members (excludes halogenated alkanes) is 5. The van der Waals surface area contributed by atoms with E-state index < -0.39 is 0 Å². The number of nitrogens with one attached hydrogen (secondary N) is 3. The molecular formula is C20H45N5OS2. The minimum absolute atomic E-state index is 0.0745. The number of nitrogens with zero attached hydrogens (tertiary/aromatic N) is 1. The Bertz CT molecular complexity index is 338. The van der Waals surface area contributed by atoms with Crippen molar-refractivity contribution in [3.63, 3.8) is 0 Å². The first kappa shape index (κ1) is 28.0. The zero-order valence-electron chi connectivity index (χ0n) is 17.8. The molecule has 0 aromatic heterocycles. The standard InChI is InChI=1S/C20H45N5OS2/c21-9-5-3-1-2-4-6-10-22-11-7-12-23-13-8-15-25(16-18-28)19-20(26)24-14-17-27/h22-23,27-28H,1-19,21H2,(H,24,26). The van der Waals surface area contributed by atoms with Gasteiger partial charge in [0.05, 0.1) is 6.54 Å². The fraction of sp³-hybridized carbons (Fsp3) is 0.950. The zero-order valence-corrected chi connectivity index (χ0v) is 19.6. The molecule has 0 fully saturated rings. The molecule has 0 saturated heterocycles. The van der Waals surface area contributed by atoms with Crippen LogP contribution in [0.2, 0.25) is 0 Å². The third kappa shape index (κ3) is 20.7. The van der Waals surface area contributed by atoms with Crippen LogP contribution in [0.15, 0.2) is 0 Å². The maximum Gasteiger partial charge on any atom is 0.234 e. The number of carbonyl (C=O) groups is 1. The van der Waals surface area contributed by atoms with Gasteiger partial charge >= 0.3 is 0 Å². The van der Waals surface area contributed by atoms with Gasteiger partial charge in [-0.25, -0.2) is 0 Å². The second kappa shape index (κ2) is 23.3. The molecule has 0 heterocycles. The summed E-state index contributed by atoms with van der Waals surface area (Å²) < 4.78 is 0. The molecule has 0 bridgehead atoms. The highest BCUT2D eigenvalue weighted by molar-refractivity contribution is 7.80. The Morgan fingerprint density at radius 1 is 0.714 bits per heavy atom. The first-order valence-electron chi connectivity index (χ1n) is 11.1. The lowest BCUT2D eigenvalue weighted by molar-refractivity contribution is -0.122. The number of amides is 1. The van der Waals surface area contributed by atoms with Gasteiger partial charge < -0.3 is 21.7 Å². The van der Waals surface area contributed by atoms with Crippen molar-refractivity contribution in [1.29, 1.82) is 0 Å². The minimum atomic E-state index is 0.0745. The molecule has 5 N–H and O–H groups in total. The molecule has 0 aliphatic rings. The largest absolute Gasteiger partial charge is 0.354 e. The highest BCUT2D eigenvalue weighted by atomic mass is 32.1. The van der Waals surface area contributed by atoms with Crippen molar-refractivity contribution in [2.45, 2.75) is 51.4 Å². The summed E-state index contributed by atoms with van der Waals surface area (Å²) in [5, 5.41) is 9.89. The van der Waals surface area contributed by atoms with Crippen molar-refractivity contribution in [3.8, 4) is 0 Å². The van der Waals surface area contributed by atoms with Crippen molar-refractivity contribution in [3.05, 3.63) is 0 Å². The molecule has 28 heavy (non-hydrogen) atoms. The van der Waals surface area contributed by atoms with E-state index in [2.05, 4.69) is 46.1 Å². The van der Waals surface area contributed by atoms with E-state index in [1.54, 1.807) is 0 Å². The van der Waals surface area contributed by atoms with E-state index in [9.17, 15) is 4.79 Å². The Hall–Kier alpha value is 0.01000. The second-order valence-electron chi connectivity index (χ2n) is 7.19. The minimum Gasteiger partial charge on any atom is -0.354 e. The summed E-state index contributed by atoms with van der Waals surface area (Å²) in [5.74, 6) is 1.52. The van der Waals surface area contributed by atoms with Gasteiger partial charge in [0.2, 0.25) is 5.91 Å². The molecule has 8 heteroatoms. The van der Waals surface area contributed by atoms with Crippen LogP contribution in [0.25, 0.3) is 0 Å². The molecule has 0 rings (SSSR count). The van der Waals surface area contributed by atoms with Crippen LogP contribution >= 0.6 is 25.3 Å². The van der Waals surface area contributed by atoms with Crippen molar-refractivity contribution in [2.75, 3.05) is 70.4 Å². The van der Waals surface area contributed by atoms with Gasteiger partial charge in [0.1, 0.15) is 0 Å². The van der Waals surface area contributed by atoms with Crippen LogP contribution in [0.5, 0.6) is 0 Å². The van der Waals surface area contributed by atoms with Gasteiger partial charge in [-0.05, 0) is 65.0 Å². The first-order valence-corrected chi connectivity index (χ1v) is 12.3. The number of rotatable bonds is 22. The molecule has 0 spiro atoms. The topological polar surface area (TPSA) is 82.4 Å². The number of hydrogen-bond donors (Lipinski definition) is 6. The molecule has 0 aliphatic heterocycles. The summed E-state index contributed by atoms with van der Waals surface area (Å²) in [6, 6.07) is 0. The lowest BCUT2D eigenvalue weighted by atomic mass is 10.1. The van der Waals surface area contributed by atoms with Crippen LogP contribution in [0.1, 0.15) is 51.4 Å². The van der Waals surface area contributed by atoms with Crippen molar-refractivity contribution >= 4 is 31.2 Å². The zero-order chi connectivity index (χ0) is 20.7. The lowest BCUT2D eigenvalue weighted by Crippen LogP contribution is -2.40. The molecule has 0 aromatic rings. The van der Waals surface area contributed by atoms with E-state index in [1.165, 1.54) is 38.5 Å². The molecule has 1 amide bonds. The van der Waals surface area contributed by atoms with Gasteiger partial charge in [-0.15, -0.1) is 0 Å². The maximum atomic E-state index is 11.8. The van der Waals surface area contributed by atoms with E-state index in [4.69, 9.17) is 5.73 Å². The fourth-order valence-electron chi connectivity index (χ4n) is 2.98. The van der Waals surface area contributed by atoms with Gasteiger partial charge in [-0.1, -0.05) is 25.7 Å². The first-order chi connectivity index (χ1) is 13.7. The maximum absolute atomic E-state index is 11.8. The second-order valence-corrected chi connectivity index (χ2v) is 8.08. The number of nitrogens with two attached hydrogens (primary N) is 1. The van der Waals surface area contributed by atoms with Crippen LogP contribution in [-0.2, 0) is 4.79 Å². The quantitative estimate of drug-likeness (QED) is 0.115. The molecule has 168 valence electrons. The Morgan fingerprint density at radius 3 is 1.96 bits per heavy atom. The third-order valence-electron chi connectivity index (χ3n) is 4.56. The summed E-state index contributed by atoms with van der Waals surface area (Å²) in [5.41, 5.74) is 5.50. The van der Waals surface area contributed by atoms with Gasteiger partial charge in [-0.3, -0.25) is 9.69 Å². The lowest BCUT2D eigenvalue weighted by Gasteiger charge is -2.20. The van der Waals surface area contributed by atoms with Gasteiger partial charge in [0, 0.05) is 24.6 Å². The fourth-order valence-corrected chi connectivity index (χ4v) is 3.38. The molecule has 0 aromatic carbocycles. The Balaban J connectivity index is 3.40. The van der Waals surface area contributed by atoms with Crippen molar-refractivity contribution in [2.24, 2.45) is 5.73 Å². The molecule has 0 atom stereocenters. The molecule has 6 nitrogen and oxygen atoms in total. The SMILES string of the molecule is NCCCCCCCCNCCCNCCCN(CCS)CC(=O)NCCS. The average Bonchev–Trinajstić information content (AvgIpc) is 2.69. The van der Waals surface area contributed by atoms with Crippen molar-refractivity contribution < 1.29 is 4.79 Å². The Morgan fingerprint density at radius 2 is 1.32 bits per heavy atom. The summed E-state index contributed by atoms with van der Waals surface area (Å²) in [7, 11) is 0. The smallest absolute Gasteiger partial charge is 0.234 e. The van der Waals surface area contributed by atoms with E-state index in [-0.39, 0.29) is 5.91 Å². The van der Waals surface area contributed by atoms with E-state index in [0.29, 0.717) is 18.8 Å². The summed E-state index contributed by atoms with van der Waals surface area (Å²) >= 11 is 8.40.